The number of hydrogen-bond donors (Lipinski definition) is 4. The maximum Gasteiger partial charge on any atom is 0.115 e. The molecule has 2 unspecified atom stereocenters. The van der Waals surface area contributed by atoms with E-state index in [9.17, 15) is 15.3 Å². The van der Waals surface area contributed by atoms with Crippen molar-refractivity contribution in [1.29, 1.82) is 0 Å². The average Bonchev–Trinajstić information content (AvgIpc) is 2.21. The Labute approximate surface area is 94.8 Å². The summed E-state index contributed by atoms with van der Waals surface area (Å²) in [5, 5.41) is 28.7. The second kappa shape index (κ2) is 5.39. The van der Waals surface area contributed by atoms with Crippen LogP contribution in [0.5, 0.6) is 5.75 Å². The van der Waals surface area contributed by atoms with Crippen LogP contribution in [0.2, 0.25) is 0 Å². The number of hydrogen-bond acceptors (Lipinski definition) is 4. The molecule has 0 amide bonds. The Morgan fingerprint density at radius 3 is 2.60 bits per heavy atom. The molecule has 0 aliphatic rings. The van der Waals surface area contributed by atoms with Gasteiger partial charge in [0.1, 0.15) is 11.9 Å². The van der Waals surface area contributed by atoms with Crippen molar-refractivity contribution in [3.8, 4) is 5.75 Å². The number of aryl methyl sites for hydroxylation is 1. The Balaban J connectivity index is 2.89. The molecule has 0 saturated carbocycles. The predicted octanol–water partition coefficient (Wildman–Crippen LogP) is 1.41. The van der Waals surface area contributed by atoms with Gasteiger partial charge in [-0.25, -0.2) is 0 Å². The van der Waals surface area contributed by atoms with E-state index >= 15 is 0 Å². The molecule has 0 aliphatic heterocycles. The fraction of sp³-hybridized carbons (Fsp3) is 0.455. The first-order valence-corrected chi connectivity index (χ1v) is 5.46. The van der Waals surface area contributed by atoms with Crippen molar-refractivity contribution in [3.05, 3.63) is 29.3 Å². The molecule has 2 atom stereocenters. The first-order valence-electron chi connectivity index (χ1n) is 4.82. The van der Waals surface area contributed by atoms with Crippen molar-refractivity contribution in [2.24, 2.45) is 0 Å². The van der Waals surface area contributed by atoms with Gasteiger partial charge in [-0.05, 0) is 42.4 Å². The lowest BCUT2D eigenvalue weighted by Crippen LogP contribution is -2.19. The van der Waals surface area contributed by atoms with Crippen molar-refractivity contribution in [2.45, 2.75) is 25.6 Å². The molecule has 0 heterocycles. The first kappa shape index (κ1) is 12.4. The summed E-state index contributed by atoms with van der Waals surface area (Å²) in [4.78, 5) is 0. The van der Waals surface area contributed by atoms with Gasteiger partial charge in [-0.15, -0.1) is 0 Å². The van der Waals surface area contributed by atoms with Gasteiger partial charge in [0.2, 0.25) is 0 Å². The molecule has 15 heavy (non-hydrogen) atoms. The minimum atomic E-state index is -0.968. The Hall–Kier alpha value is -0.710. The number of aromatic hydroxyl groups is 1. The first-order chi connectivity index (χ1) is 7.06. The Bertz CT molecular complexity index is 328. The van der Waals surface area contributed by atoms with E-state index in [4.69, 9.17) is 0 Å². The topological polar surface area (TPSA) is 60.7 Å². The van der Waals surface area contributed by atoms with Gasteiger partial charge in [-0.3, -0.25) is 0 Å². The number of phenols is 1. The van der Waals surface area contributed by atoms with E-state index < -0.39 is 12.2 Å². The van der Waals surface area contributed by atoms with Gasteiger partial charge in [0.15, 0.2) is 0 Å². The summed E-state index contributed by atoms with van der Waals surface area (Å²) in [7, 11) is 0. The van der Waals surface area contributed by atoms with Crippen LogP contribution in [-0.4, -0.2) is 27.2 Å². The van der Waals surface area contributed by atoms with Crippen LogP contribution in [0.4, 0.5) is 0 Å². The lowest BCUT2D eigenvalue weighted by molar-refractivity contribution is 0.0168. The van der Waals surface area contributed by atoms with Gasteiger partial charge in [0.05, 0.1) is 6.10 Å². The minimum Gasteiger partial charge on any atom is -0.508 e. The van der Waals surface area contributed by atoms with E-state index in [-0.39, 0.29) is 5.75 Å². The smallest absolute Gasteiger partial charge is 0.115 e. The van der Waals surface area contributed by atoms with Crippen LogP contribution in [0, 0.1) is 6.92 Å². The molecule has 0 bridgehead atoms. The molecule has 4 heteroatoms. The van der Waals surface area contributed by atoms with Gasteiger partial charge < -0.3 is 15.3 Å². The SMILES string of the molecule is Cc1ccc(O)cc1C(O)C(O)CCS. The highest BCUT2D eigenvalue weighted by atomic mass is 32.1. The van der Waals surface area contributed by atoms with Crippen molar-refractivity contribution < 1.29 is 15.3 Å². The normalized spacial score (nSPS) is 14.9. The van der Waals surface area contributed by atoms with Gasteiger partial charge >= 0.3 is 0 Å². The quantitative estimate of drug-likeness (QED) is 0.589. The van der Waals surface area contributed by atoms with E-state index in [0.717, 1.165) is 5.56 Å². The van der Waals surface area contributed by atoms with Gasteiger partial charge in [-0.1, -0.05) is 6.07 Å². The zero-order valence-electron chi connectivity index (χ0n) is 8.59. The molecule has 0 fully saturated rings. The maximum atomic E-state index is 9.83. The molecule has 1 aromatic carbocycles. The lowest BCUT2D eigenvalue weighted by atomic mass is 9.98. The summed E-state index contributed by atoms with van der Waals surface area (Å²) in [6.45, 7) is 1.82. The van der Waals surface area contributed by atoms with Crippen LogP contribution in [0.15, 0.2) is 18.2 Å². The average molecular weight is 228 g/mol. The minimum absolute atomic E-state index is 0.0905. The highest BCUT2D eigenvalue weighted by molar-refractivity contribution is 7.80. The van der Waals surface area contributed by atoms with Crippen LogP contribution in [0.1, 0.15) is 23.7 Å². The molecule has 1 rings (SSSR count). The van der Waals surface area contributed by atoms with Gasteiger partial charge in [-0.2, -0.15) is 12.6 Å². The summed E-state index contributed by atoms with van der Waals surface area (Å²) in [6.07, 6.45) is -1.40. The molecule has 0 spiro atoms. The summed E-state index contributed by atoms with van der Waals surface area (Å²) in [6, 6.07) is 4.74. The summed E-state index contributed by atoms with van der Waals surface area (Å²) in [5.74, 6) is 0.600. The number of rotatable bonds is 4. The van der Waals surface area contributed by atoms with E-state index in [1.807, 2.05) is 6.92 Å². The van der Waals surface area contributed by atoms with Crippen molar-refractivity contribution in [2.75, 3.05) is 5.75 Å². The molecule has 0 radical (unpaired) electrons. The third kappa shape index (κ3) is 3.12. The lowest BCUT2D eigenvalue weighted by Gasteiger charge is -2.19. The van der Waals surface area contributed by atoms with Gasteiger partial charge in [0.25, 0.3) is 0 Å². The Morgan fingerprint density at radius 1 is 1.33 bits per heavy atom. The largest absolute Gasteiger partial charge is 0.508 e. The summed E-state index contributed by atoms with van der Waals surface area (Å²) >= 11 is 3.99. The maximum absolute atomic E-state index is 9.83. The molecule has 0 aromatic heterocycles. The predicted molar refractivity (Wildman–Crippen MR) is 62.3 cm³/mol. The molecule has 1 aromatic rings. The zero-order chi connectivity index (χ0) is 11.4. The number of aliphatic hydroxyl groups is 2. The van der Waals surface area contributed by atoms with Crippen molar-refractivity contribution in [3.63, 3.8) is 0 Å². The molecule has 3 nitrogen and oxygen atoms in total. The zero-order valence-corrected chi connectivity index (χ0v) is 9.48. The van der Waals surface area contributed by atoms with E-state index in [2.05, 4.69) is 12.6 Å². The number of phenolic OH excluding ortho intramolecular Hbond substituents is 1. The van der Waals surface area contributed by atoms with Crippen LogP contribution in [0.25, 0.3) is 0 Å². The van der Waals surface area contributed by atoms with E-state index in [0.29, 0.717) is 17.7 Å². The highest BCUT2D eigenvalue weighted by Gasteiger charge is 2.19. The molecule has 3 N–H and O–H groups in total. The van der Waals surface area contributed by atoms with Crippen LogP contribution >= 0.6 is 12.6 Å². The summed E-state index contributed by atoms with van der Waals surface area (Å²) < 4.78 is 0. The van der Waals surface area contributed by atoms with Crippen molar-refractivity contribution >= 4 is 12.6 Å². The second-order valence-electron chi connectivity index (χ2n) is 3.57. The monoisotopic (exact) mass is 228 g/mol. The standard InChI is InChI=1S/C11H16O3S/c1-7-2-3-8(12)6-9(7)11(14)10(13)4-5-15/h2-3,6,10-15H,4-5H2,1H3. The van der Waals surface area contributed by atoms with Crippen molar-refractivity contribution in [1.82, 2.24) is 0 Å². The van der Waals surface area contributed by atoms with Gasteiger partial charge in [0, 0.05) is 0 Å². The van der Waals surface area contributed by atoms with Crippen LogP contribution in [-0.2, 0) is 0 Å². The number of aliphatic hydroxyl groups excluding tert-OH is 2. The van der Waals surface area contributed by atoms with Crippen LogP contribution < -0.4 is 0 Å². The third-order valence-corrected chi connectivity index (χ3v) is 2.63. The molecule has 0 saturated heterocycles. The Kier molecular flexibility index (Phi) is 4.45. The molecule has 0 aliphatic carbocycles. The number of thiol groups is 1. The molecule has 84 valence electrons. The number of benzene rings is 1. The summed E-state index contributed by atoms with van der Waals surface area (Å²) in [5.41, 5.74) is 1.41. The van der Waals surface area contributed by atoms with E-state index in [1.165, 1.54) is 6.07 Å². The molecular formula is C11H16O3S. The Morgan fingerprint density at radius 2 is 2.00 bits per heavy atom. The highest BCUT2D eigenvalue weighted by Crippen LogP contribution is 2.25. The van der Waals surface area contributed by atoms with Crippen LogP contribution in [0.3, 0.4) is 0 Å². The third-order valence-electron chi connectivity index (χ3n) is 2.37. The molecular weight excluding hydrogens is 212 g/mol. The van der Waals surface area contributed by atoms with E-state index in [1.54, 1.807) is 12.1 Å². The second-order valence-corrected chi connectivity index (χ2v) is 4.01. The fourth-order valence-electron chi connectivity index (χ4n) is 1.44. The fourth-order valence-corrected chi connectivity index (χ4v) is 1.71.